The molecule has 3 aliphatic carbocycles. The van der Waals surface area contributed by atoms with E-state index in [9.17, 15) is 24.3 Å². The van der Waals surface area contributed by atoms with Gasteiger partial charge in [0.25, 0.3) is 5.91 Å². The molecule has 254 valence electrons. The minimum atomic E-state index is -1.65. The molecule has 8 rings (SSSR count). The van der Waals surface area contributed by atoms with Crippen molar-refractivity contribution in [1.82, 2.24) is 29.7 Å². The largest absolute Gasteiger partial charge is 0.387 e. The molecule has 1 atom stereocenters. The lowest BCUT2D eigenvalue weighted by Gasteiger charge is -2.55. The van der Waals surface area contributed by atoms with Gasteiger partial charge in [0, 0.05) is 43.3 Å². The molecule has 2 amide bonds. The van der Waals surface area contributed by atoms with Crippen LogP contribution < -0.4 is 10.6 Å². The topological polar surface area (TPSA) is 148 Å². The first-order valence-electron chi connectivity index (χ1n) is 16.9. The number of amides is 2. The molecule has 12 nitrogen and oxygen atoms in total. The van der Waals surface area contributed by atoms with E-state index in [1.807, 2.05) is 18.2 Å². The van der Waals surface area contributed by atoms with E-state index in [4.69, 9.17) is 4.74 Å². The first kappa shape index (κ1) is 32.4. The van der Waals surface area contributed by atoms with Crippen LogP contribution in [0.4, 0.5) is 10.1 Å². The van der Waals surface area contributed by atoms with E-state index in [0.717, 1.165) is 83.4 Å². The molecule has 0 spiro atoms. The molecule has 0 aromatic carbocycles. The number of ether oxygens (including phenoxy) is 1. The van der Waals surface area contributed by atoms with E-state index in [2.05, 4.69) is 36.6 Å². The van der Waals surface area contributed by atoms with Crippen molar-refractivity contribution in [3.05, 3.63) is 47.8 Å². The second-order valence-electron chi connectivity index (χ2n) is 14.6. The lowest BCUT2D eigenvalue weighted by molar-refractivity contribution is -0.152. The van der Waals surface area contributed by atoms with Gasteiger partial charge >= 0.3 is 0 Å². The molecule has 2 bridgehead atoms. The summed E-state index contributed by atoms with van der Waals surface area (Å²) in [5, 5.41) is 30.1. The fourth-order valence-electron chi connectivity index (χ4n) is 7.70. The Balaban J connectivity index is 1.11. The third kappa shape index (κ3) is 6.01. The van der Waals surface area contributed by atoms with Crippen molar-refractivity contribution < 1.29 is 23.8 Å². The number of carbonyl (C=O) groups excluding carboxylic acids is 2. The van der Waals surface area contributed by atoms with E-state index in [0.29, 0.717) is 28.7 Å². The van der Waals surface area contributed by atoms with Crippen LogP contribution in [-0.4, -0.2) is 111 Å². The van der Waals surface area contributed by atoms with Crippen LogP contribution in [0.3, 0.4) is 0 Å². The van der Waals surface area contributed by atoms with E-state index in [-0.39, 0.29) is 29.0 Å². The summed E-state index contributed by atoms with van der Waals surface area (Å²) in [4.78, 5) is 36.5. The second kappa shape index (κ2) is 12.4. The molecule has 5 heterocycles. The Morgan fingerprint density at radius 2 is 1.81 bits per heavy atom. The highest BCUT2D eigenvalue weighted by molar-refractivity contribution is 6.00. The fraction of sp³-hybridized carbons (Fsp3) is 0.571. The van der Waals surface area contributed by atoms with Crippen LogP contribution >= 0.6 is 0 Å². The van der Waals surface area contributed by atoms with Crippen LogP contribution in [0.25, 0.3) is 16.9 Å². The molecule has 48 heavy (non-hydrogen) atoms. The number of hydrogen-bond acceptors (Lipinski definition) is 9. The number of alkyl halides is 1. The van der Waals surface area contributed by atoms with Crippen LogP contribution in [-0.2, 0) is 9.53 Å². The number of piperazine rings is 1. The number of anilines is 1. The summed E-state index contributed by atoms with van der Waals surface area (Å²) in [5.74, 6) is -0.216. The highest BCUT2D eigenvalue weighted by atomic mass is 19.1. The maximum absolute atomic E-state index is 14.6. The average molecular weight is 659 g/mol. The summed E-state index contributed by atoms with van der Waals surface area (Å²) in [7, 11) is 0. The van der Waals surface area contributed by atoms with E-state index < -0.39 is 17.7 Å². The average Bonchev–Trinajstić information content (AvgIpc) is 3.50. The number of halogens is 1. The van der Waals surface area contributed by atoms with Gasteiger partial charge in [0.15, 0.2) is 0 Å². The van der Waals surface area contributed by atoms with Gasteiger partial charge < -0.3 is 25.4 Å². The molecule has 2 aliphatic heterocycles. The fourth-order valence-corrected chi connectivity index (χ4v) is 7.70. The molecule has 5 fully saturated rings. The molecule has 3 saturated carbocycles. The van der Waals surface area contributed by atoms with Crippen LogP contribution in [0.2, 0.25) is 0 Å². The highest BCUT2D eigenvalue weighted by Gasteiger charge is 2.54. The van der Waals surface area contributed by atoms with Gasteiger partial charge in [-0.05, 0) is 76.6 Å². The molecule has 3 aromatic heterocycles. The Morgan fingerprint density at radius 3 is 2.44 bits per heavy atom. The van der Waals surface area contributed by atoms with Crippen molar-refractivity contribution in [3.8, 4) is 17.5 Å². The molecule has 2 saturated heterocycles. The molecule has 3 N–H and O–H groups in total. The Bertz CT molecular complexity index is 1730. The summed E-state index contributed by atoms with van der Waals surface area (Å²) < 4.78 is 21.6. The van der Waals surface area contributed by atoms with Crippen LogP contribution in [0, 0.1) is 16.7 Å². The number of hydrogen-bond donors (Lipinski definition) is 3. The molecule has 13 heteroatoms. The smallest absolute Gasteiger partial charge is 0.255 e. The van der Waals surface area contributed by atoms with Crippen molar-refractivity contribution in [3.63, 3.8) is 0 Å². The molecule has 0 radical (unpaired) electrons. The van der Waals surface area contributed by atoms with Gasteiger partial charge in [0.2, 0.25) is 5.91 Å². The Kier molecular flexibility index (Phi) is 8.38. The summed E-state index contributed by atoms with van der Waals surface area (Å²) >= 11 is 0. The Morgan fingerprint density at radius 1 is 1.10 bits per heavy atom. The molecular formula is C35H43FN8O4. The van der Waals surface area contributed by atoms with Crippen LogP contribution in [0.1, 0.15) is 68.3 Å². The molecular weight excluding hydrogens is 615 g/mol. The first-order valence-corrected chi connectivity index (χ1v) is 16.9. The molecule has 3 aromatic rings. The number of nitrogens with one attached hydrogen (secondary N) is 2. The van der Waals surface area contributed by atoms with Gasteiger partial charge in [0.1, 0.15) is 12.2 Å². The quantitative estimate of drug-likeness (QED) is 0.315. The summed E-state index contributed by atoms with van der Waals surface area (Å²) in [5.41, 5.74) is 1.02. The summed E-state index contributed by atoms with van der Waals surface area (Å²) in [6, 6.07) is 9.88. The van der Waals surface area contributed by atoms with Crippen molar-refractivity contribution in [2.24, 2.45) is 5.41 Å². The number of aromatic nitrogens is 3. The zero-order valence-corrected chi connectivity index (χ0v) is 27.5. The zero-order valence-electron chi connectivity index (χ0n) is 27.5. The predicted octanol–water partition coefficient (Wildman–Crippen LogP) is 3.15. The third-order valence-corrected chi connectivity index (χ3v) is 11.1. The van der Waals surface area contributed by atoms with Gasteiger partial charge in [-0.2, -0.15) is 10.4 Å². The SMILES string of the molecule is CC(C)(O)[C@H](F)CNC(=O)c1cnc(-c2ccc3cc(C#N)cnn23)cc1NC12CCC(C(=O)N3CCN(C4COC4)CC3)(CC1)CC2. The van der Waals surface area contributed by atoms with E-state index in [1.54, 1.807) is 10.6 Å². The van der Waals surface area contributed by atoms with Gasteiger partial charge in [-0.15, -0.1) is 0 Å². The number of aliphatic hydroxyl groups is 1. The monoisotopic (exact) mass is 658 g/mol. The summed E-state index contributed by atoms with van der Waals surface area (Å²) in [6.45, 7) is 7.25. The van der Waals surface area contributed by atoms with Crippen molar-refractivity contribution >= 4 is 23.0 Å². The van der Waals surface area contributed by atoms with Gasteiger partial charge in [-0.1, -0.05) is 0 Å². The lowest BCUT2D eigenvalue weighted by atomic mass is 9.56. The Hall–Kier alpha value is -4.12. The van der Waals surface area contributed by atoms with Gasteiger partial charge in [-0.25, -0.2) is 8.91 Å². The van der Waals surface area contributed by atoms with Crippen molar-refractivity contribution in [2.45, 2.75) is 75.7 Å². The number of fused-ring (bicyclic) bond motifs is 4. The third-order valence-electron chi connectivity index (χ3n) is 11.1. The maximum atomic E-state index is 14.6. The number of pyridine rings is 1. The minimum Gasteiger partial charge on any atom is -0.387 e. The lowest BCUT2D eigenvalue weighted by Crippen LogP contribution is -2.61. The first-order chi connectivity index (χ1) is 23.0. The van der Waals surface area contributed by atoms with Gasteiger partial charge in [-0.3, -0.25) is 19.5 Å². The summed E-state index contributed by atoms with van der Waals surface area (Å²) in [6.07, 6.45) is 6.01. The van der Waals surface area contributed by atoms with Crippen LogP contribution in [0.5, 0.6) is 0 Å². The van der Waals surface area contributed by atoms with E-state index >= 15 is 0 Å². The van der Waals surface area contributed by atoms with Gasteiger partial charge in [0.05, 0.1) is 71.3 Å². The van der Waals surface area contributed by atoms with Crippen molar-refractivity contribution in [2.75, 3.05) is 51.3 Å². The zero-order chi connectivity index (χ0) is 33.7. The predicted molar refractivity (Wildman–Crippen MR) is 176 cm³/mol. The van der Waals surface area contributed by atoms with Crippen LogP contribution in [0.15, 0.2) is 36.7 Å². The second-order valence-corrected chi connectivity index (χ2v) is 14.6. The maximum Gasteiger partial charge on any atom is 0.255 e. The standard InChI is InChI=1S/C35H43FN8O4/c1-33(2,47)30(36)20-39-31(45)26-19-38-28(29-4-3-24-15-23(17-37)18-40-44(24)29)16-27(26)41-35-8-5-34(6-9-35,7-10-35)32(46)43-13-11-42(12-14-43)25-21-48-22-25/h3-4,15-16,18-19,25,30,47H,5-14,20-22H2,1-2H3,(H,38,41)(H,39,45)/t30-,34?,35?/m1/s1. The van der Waals surface area contributed by atoms with E-state index in [1.165, 1.54) is 26.2 Å². The number of rotatable bonds is 9. The Labute approximate surface area is 279 Å². The molecule has 0 unspecified atom stereocenters. The van der Waals surface area contributed by atoms with Crippen molar-refractivity contribution in [1.29, 1.82) is 5.26 Å². The number of nitriles is 1. The number of nitrogens with zero attached hydrogens (tertiary/aromatic N) is 6. The highest BCUT2D eigenvalue weighted by Crippen LogP contribution is 2.54. The number of carbonyl (C=O) groups is 2. The normalized spacial score (nSPS) is 25.4. The minimum absolute atomic E-state index is 0.268. The molecule has 5 aliphatic rings.